The van der Waals surface area contributed by atoms with Gasteiger partial charge in [-0.15, -0.1) is 0 Å². The van der Waals surface area contributed by atoms with Gasteiger partial charge in [0.05, 0.1) is 12.7 Å². The second-order valence-electron chi connectivity index (χ2n) is 14.2. The molecule has 2 aromatic rings. The van der Waals surface area contributed by atoms with E-state index >= 15 is 0 Å². The van der Waals surface area contributed by atoms with Gasteiger partial charge >= 0.3 is 0 Å². The van der Waals surface area contributed by atoms with E-state index in [1.165, 1.54) is 19.4 Å². The summed E-state index contributed by atoms with van der Waals surface area (Å²) >= 11 is 0. The molecule has 1 aliphatic rings. The van der Waals surface area contributed by atoms with Crippen LogP contribution in [0.2, 0.25) is 0 Å². The molecule has 1 heterocycles. The highest BCUT2D eigenvalue weighted by Gasteiger charge is 2.49. The van der Waals surface area contributed by atoms with Crippen LogP contribution < -0.4 is 43.8 Å². The first-order valence-electron chi connectivity index (χ1n) is 18.9. The van der Waals surface area contributed by atoms with Crippen LogP contribution in [0, 0.1) is 0 Å². The van der Waals surface area contributed by atoms with Gasteiger partial charge < -0.3 is 53.6 Å². The number of ether oxygens (including phenoxy) is 1. The average molecular weight is 767 g/mol. The van der Waals surface area contributed by atoms with Crippen molar-refractivity contribution in [3.63, 3.8) is 0 Å². The molecule has 3 rings (SSSR count). The third-order valence-electron chi connectivity index (χ3n) is 9.40. The molecule has 1 aliphatic heterocycles. The minimum atomic E-state index is -1.52. The zero-order valence-electron chi connectivity index (χ0n) is 32.2. The summed E-state index contributed by atoms with van der Waals surface area (Å²) in [7, 11) is 0. The molecule has 0 aliphatic carbocycles. The minimum absolute atomic E-state index is 0.0283. The molecule has 2 aromatic carbocycles. The number of amides is 5. The number of aryl methyl sites for hydroxylation is 1. The Kier molecular flexibility index (Phi) is 17.4. The predicted octanol–water partition coefficient (Wildman–Crippen LogP) is -0.113. The first-order valence-corrected chi connectivity index (χ1v) is 18.9. The van der Waals surface area contributed by atoms with E-state index in [9.17, 15) is 33.9 Å². The fourth-order valence-electron chi connectivity index (χ4n) is 5.72. The number of aliphatic hydroxyl groups excluding tert-OH is 1. The van der Waals surface area contributed by atoms with E-state index in [0.29, 0.717) is 24.9 Å². The van der Waals surface area contributed by atoms with Gasteiger partial charge in [-0.1, -0.05) is 49.7 Å². The van der Waals surface area contributed by atoms with Crippen molar-refractivity contribution >= 4 is 35.3 Å². The lowest BCUT2D eigenvalue weighted by Gasteiger charge is -2.26. The summed E-state index contributed by atoms with van der Waals surface area (Å²) in [5.74, 6) is -4.18. The highest BCUT2D eigenvalue weighted by Crippen LogP contribution is 2.27. The van der Waals surface area contributed by atoms with Crippen LogP contribution in [0.25, 0.3) is 11.1 Å². The Morgan fingerprint density at radius 1 is 0.745 bits per heavy atom. The number of epoxide rings is 1. The Hall–Kier alpha value is -4.74. The van der Waals surface area contributed by atoms with Gasteiger partial charge in [0, 0.05) is 5.56 Å². The van der Waals surface area contributed by atoms with Crippen LogP contribution in [0.15, 0.2) is 48.5 Å². The third kappa shape index (κ3) is 13.5. The molecule has 7 atom stereocenters. The van der Waals surface area contributed by atoms with Crippen molar-refractivity contribution in [2.45, 2.75) is 115 Å². The number of unbranched alkanes of at least 4 members (excludes halogenated alkanes) is 2. The van der Waals surface area contributed by atoms with E-state index in [1.807, 2.05) is 24.3 Å². The number of ketones is 1. The zero-order chi connectivity index (χ0) is 40.7. The van der Waals surface area contributed by atoms with Gasteiger partial charge in [-0.25, -0.2) is 0 Å². The Balaban J connectivity index is 1.61. The summed E-state index contributed by atoms with van der Waals surface area (Å²) in [6.07, 6.45) is 1.71. The first kappa shape index (κ1) is 44.7. The molecule has 302 valence electrons. The summed E-state index contributed by atoms with van der Waals surface area (Å²) in [5, 5.41) is 23.0. The molecular formula is C39H58N8O8. The highest BCUT2D eigenvalue weighted by molar-refractivity contribution is 6.00. The van der Waals surface area contributed by atoms with Crippen molar-refractivity contribution in [3.05, 3.63) is 59.7 Å². The molecule has 1 fully saturated rings. The molecule has 55 heavy (non-hydrogen) atoms. The standard InChI is InChI=1S/C39H58N8O8/c1-5-6-9-25-11-13-26(14-12-25)27-15-17-28(18-16-27)35(51)45-30(19-21-41)36(52)46-31(24(3)48)38(54)43-23(2)34(50)44-29(10-7-8-20-40)37(53)47-33(42)32(49)39(4)22-55-39/h11-18,23-24,29-31,33,48H,5-10,19-22,40-42H2,1-4H3,(H,43,54)(H,44,50)(H,45,51)(H,46,52)(H,47,53). The van der Waals surface area contributed by atoms with Crippen LogP contribution >= 0.6 is 0 Å². The molecule has 0 spiro atoms. The first-order chi connectivity index (χ1) is 26.1. The minimum Gasteiger partial charge on any atom is -0.391 e. The van der Waals surface area contributed by atoms with E-state index < -0.39 is 77.4 Å². The fraction of sp³-hybridized carbons (Fsp3) is 0.538. The van der Waals surface area contributed by atoms with Crippen LogP contribution in [-0.4, -0.2) is 102 Å². The van der Waals surface area contributed by atoms with E-state index in [1.54, 1.807) is 19.1 Å². The molecule has 7 unspecified atom stereocenters. The van der Waals surface area contributed by atoms with Crippen molar-refractivity contribution in [2.24, 2.45) is 17.2 Å². The number of benzene rings is 2. The van der Waals surface area contributed by atoms with Crippen LogP contribution in [0.4, 0.5) is 0 Å². The SMILES string of the molecule is CCCCc1ccc(-c2ccc(C(=O)NC(CCN)C(=O)NC(C(=O)NC(C)C(=O)NC(CCCCN)C(=O)NC(N)C(=O)C3(C)CO3)C(C)O)cc2)cc1. The topological polar surface area (TPSA) is 273 Å². The van der Waals surface area contributed by atoms with Gasteiger partial charge in [-0.05, 0) is 101 Å². The lowest BCUT2D eigenvalue weighted by atomic mass is 10.0. The van der Waals surface area contributed by atoms with Gasteiger partial charge in [0.25, 0.3) is 5.91 Å². The van der Waals surface area contributed by atoms with Crippen LogP contribution in [-0.2, 0) is 35.1 Å². The van der Waals surface area contributed by atoms with Gasteiger partial charge in [0.1, 0.15) is 30.3 Å². The van der Waals surface area contributed by atoms with Crippen LogP contribution in [0.1, 0.15) is 82.1 Å². The number of nitrogens with one attached hydrogen (secondary N) is 5. The summed E-state index contributed by atoms with van der Waals surface area (Å²) in [6.45, 7) is 6.91. The second-order valence-corrected chi connectivity index (χ2v) is 14.2. The summed E-state index contributed by atoms with van der Waals surface area (Å²) in [6, 6.07) is 10.2. The fourth-order valence-corrected chi connectivity index (χ4v) is 5.72. The van der Waals surface area contributed by atoms with Gasteiger partial charge in [0.15, 0.2) is 5.60 Å². The number of aliphatic hydroxyl groups is 1. The van der Waals surface area contributed by atoms with Gasteiger partial charge in [-0.3, -0.25) is 28.8 Å². The Morgan fingerprint density at radius 2 is 1.33 bits per heavy atom. The molecule has 0 bridgehead atoms. The number of Topliss-reactive ketones (excluding diaryl/α,β-unsaturated/α-hetero) is 1. The molecule has 0 aromatic heterocycles. The number of nitrogens with two attached hydrogens (primary N) is 3. The number of carbonyl (C=O) groups excluding carboxylic acids is 6. The smallest absolute Gasteiger partial charge is 0.251 e. The van der Waals surface area contributed by atoms with E-state index in [-0.39, 0.29) is 26.0 Å². The summed E-state index contributed by atoms with van der Waals surface area (Å²) < 4.78 is 5.11. The number of rotatable bonds is 23. The van der Waals surface area contributed by atoms with Crippen molar-refractivity contribution < 1.29 is 38.6 Å². The molecule has 1 saturated heterocycles. The van der Waals surface area contributed by atoms with E-state index in [4.69, 9.17) is 21.9 Å². The van der Waals surface area contributed by atoms with Crippen LogP contribution in [0.3, 0.4) is 0 Å². The molecule has 16 nitrogen and oxygen atoms in total. The number of carbonyl (C=O) groups is 6. The maximum atomic E-state index is 13.4. The maximum Gasteiger partial charge on any atom is 0.251 e. The van der Waals surface area contributed by atoms with Crippen molar-refractivity contribution in [1.82, 2.24) is 26.6 Å². The largest absolute Gasteiger partial charge is 0.391 e. The lowest BCUT2D eigenvalue weighted by molar-refractivity contribution is -0.136. The van der Waals surface area contributed by atoms with E-state index in [0.717, 1.165) is 30.4 Å². The molecule has 0 radical (unpaired) electrons. The highest BCUT2D eigenvalue weighted by atomic mass is 16.6. The molecule has 12 N–H and O–H groups in total. The van der Waals surface area contributed by atoms with Crippen molar-refractivity contribution in [2.75, 3.05) is 19.7 Å². The molecular weight excluding hydrogens is 708 g/mol. The summed E-state index contributed by atoms with van der Waals surface area (Å²) in [5.41, 5.74) is 19.6. The lowest BCUT2D eigenvalue weighted by Crippen LogP contribution is -2.61. The average Bonchev–Trinajstić information content (AvgIpc) is 3.92. The quantitative estimate of drug-likeness (QED) is 0.0409. The monoisotopic (exact) mass is 766 g/mol. The van der Waals surface area contributed by atoms with Crippen molar-refractivity contribution in [3.8, 4) is 11.1 Å². The van der Waals surface area contributed by atoms with E-state index in [2.05, 4.69) is 45.6 Å². The normalized spacial score (nSPS) is 18.0. The molecule has 0 saturated carbocycles. The molecule has 16 heteroatoms. The third-order valence-corrected chi connectivity index (χ3v) is 9.40. The maximum absolute atomic E-state index is 13.4. The summed E-state index contributed by atoms with van der Waals surface area (Å²) in [4.78, 5) is 78.6. The van der Waals surface area contributed by atoms with Crippen molar-refractivity contribution in [1.29, 1.82) is 0 Å². The van der Waals surface area contributed by atoms with Crippen LogP contribution in [0.5, 0.6) is 0 Å². The number of hydrogen-bond acceptors (Lipinski definition) is 11. The Morgan fingerprint density at radius 3 is 1.87 bits per heavy atom. The van der Waals surface area contributed by atoms with Gasteiger partial charge in [0.2, 0.25) is 29.4 Å². The second kappa shape index (κ2) is 21.4. The predicted molar refractivity (Wildman–Crippen MR) is 207 cm³/mol. The number of hydrogen-bond donors (Lipinski definition) is 9. The Labute approximate surface area is 322 Å². The Bertz CT molecular complexity index is 1610. The molecule has 5 amide bonds. The van der Waals surface area contributed by atoms with Gasteiger partial charge in [-0.2, -0.15) is 0 Å². The zero-order valence-corrected chi connectivity index (χ0v) is 32.2.